The Balaban J connectivity index is 1.66. The molecule has 1 N–H and O–H groups in total. The van der Waals surface area contributed by atoms with Crippen molar-refractivity contribution >= 4 is 10.0 Å². The molecule has 2 aromatic carbocycles. The quantitative estimate of drug-likeness (QED) is 0.541. The summed E-state index contributed by atoms with van der Waals surface area (Å²) >= 11 is 0. The van der Waals surface area contributed by atoms with Crippen LogP contribution >= 0.6 is 0 Å². The van der Waals surface area contributed by atoms with E-state index in [9.17, 15) is 8.42 Å². The van der Waals surface area contributed by atoms with E-state index in [0.29, 0.717) is 13.0 Å². The highest BCUT2D eigenvalue weighted by Gasteiger charge is 2.43. The van der Waals surface area contributed by atoms with Crippen molar-refractivity contribution in [2.45, 2.75) is 62.8 Å². The zero-order valence-electron chi connectivity index (χ0n) is 20.5. The Labute approximate surface area is 202 Å². The minimum atomic E-state index is -3.81. The summed E-state index contributed by atoms with van der Waals surface area (Å²) in [5.41, 5.74) is 3.20. The summed E-state index contributed by atoms with van der Waals surface area (Å²) in [5.74, 6) is 0.789. The monoisotopic (exact) mass is 482 g/mol. The van der Waals surface area contributed by atoms with Crippen LogP contribution in [0.4, 0.5) is 0 Å². The van der Waals surface area contributed by atoms with Gasteiger partial charge in [-0.15, -0.1) is 0 Å². The van der Waals surface area contributed by atoms with Gasteiger partial charge in [0.05, 0.1) is 19.3 Å². The van der Waals surface area contributed by atoms with Crippen molar-refractivity contribution in [3.8, 4) is 5.75 Å². The number of aromatic nitrogens is 2. The first-order chi connectivity index (χ1) is 16.1. The Hall–Kier alpha value is -2.68. The molecule has 2 heterocycles. The van der Waals surface area contributed by atoms with Gasteiger partial charge in [0.1, 0.15) is 5.75 Å². The molecule has 0 aliphatic carbocycles. The summed E-state index contributed by atoms with van der Waals surface area (Å²) < 4.78 is 36.2. The van der Waals surface area contributed by atoms with Crippen LogP contribution in [0.3, 0.4) is 0 Å². The second-order valence-corrected chi connectivity index (χ2v) is 11.6. The molecule has 1 saturated heterocycles. The smallest absolute Gasteiger partial charge is 0.264 e. The van der Waals surface area contributed by atoms with Gasteiger partial charge < -0.3 is 4.74 Å². The fourth-order valence-corrected chi connectivity index (χ4v) is 6.31. The van der Waals surface area contributed by atoms with Crippen molar-refractivity contribution in [1.82, 2.24) is 19.4 Å². The van der Waals surface area contributed by atoms with Crippen molar-refractivity contribution in [1.29, 1.82) is 0 Å². The Bertz CT molecular complexity index is 1230. The second kappa shape index (κ2) is 9.52. The summed E-state index contributed by atoms with van der Waals surface area (Å²) in [5, 5.41) is 7.80. The van der Waals surface area contributed by atoms with Gasteiger partial charge in [-0.1, -0.05) is 63.2 Å². The molecular formula is C26H34N4O3S. The number of hydrogen-bond donors (Lipinski definition) is 1. The van der Waals surface area contributed by atoms with E-state index in [4.69, 9.17) is 4.74 Å². The minimum absolute atomic E-state index is 0.00113. The van der Waals surface area contributed by atoms with E-state index < -0.39 is 10.0 Å². The molecule has 4 rings (SSSR count). The molecule has 7 nitrogen and oxygen atoms in total. The number of ether oxygens (including phenoxy) is 1. The van der Waals surface area contributed by atoms with Gasteiger partial charge in [-0.3, -0.25) is 10.00 Å². The molecule has 2 unspecified atom stereocenters. The molecule has 0 saturated carbocycles. The van der Waals surface area contributed by atoms with Gasteiger partial charge in [0, 0.05) is 25.4 Å². The van der Waals surface area contributed by atoms with Crippen molar-refractivity contribution in [3.63, 3.8) is 0 Å². The second-order valence-electron chi connectivity index (χ2n) is 9.84. The summed E-state index contributed by atoms with van der Waals surface area (Å²) in [7, 11) is -0.423. The first kappa shape index (κ1) is 24.4. The van der Waals surface area contributed by atoms with E-state index in [1.165, 1.54) is 10.2 Å². The molecule has 1 fully saturated rings. The van der Waals surface area contributed by atoms with Crippen LogP contribution in [-0.2, 0) is 29.0 Å². The first-order valence-electron chi connectivity index (χ1n) is 11.6. The number of nitrogens with zero attached hydrogens (tertiary/aromatic N) is 3. The maximum atomic E-state index is 13.7. The van der Waals surface area contributed by atoms with E-state index in [0.717, 1.165) is 23.3 Å². The Morgan fingerprint density at radius 1 is 1.09 bits per heavy atom. The predicted molar refractivity (Wildman–Crippen MR) is 133 cm³/mol. The lowest BCUT2D eigenvalue weighted by Gasteiger charge is -2.30. The normalized spacial score (nSPS) is 19.4. The molecule has 182 valence electrons. The third kappa shape index (κ3) is 4.89. The van der Waals surface area contributed by atoms with Crippen molar-refractivity contribution in [2.75, 3.05) is 7.11 Å². The highest BCUT2D eigenvalue weighted by atomic mass is 32.2. The van der Waals surface area contributed by atoms with Crippen LogP contribution in [0.15, 0.2) is 65.8 Å². The molecule has 34 heavy (non-hydrogen) atoms. The number of methoxy groups -OCH3 is 1. The Morgan fingerprint density at radius 3 is 2.44 bits per heavy atom. The lowest BCUT2D eigenvalue weighted by Crippen LogP contribution is -2.45. The van der Waals surface area contributed by atoms with Gasteiger partial charge in [0.15, 0.2) is 5.03 Å². The van der Waals surface area contributed by atoms with Gasteiger partial charge in [0.25, 0.3) is 10.0 Å². The average Bonchev–Trinajstić information content (AvgIpc) is 3.44. The van der Waals surface area contributed by atoms with Gasteiger partial charge >= 0.3 is 0 Å². The van der Waals surface area contributed by atoms with E-state index in [2.05, 4.69) is 43.3 Å². The third-order valence-electron chi connectivity index (χ3n) is 6.42. The molecule has 0 spiro atoms. The topological polar surface area (TPSA) is 76.5 Å². The van der Waals surface area contributed by atoms with Crippen LogP contribution in [0, 0.1) is 0 Å². The molecule has 0 amide bonds. The summed E-state index contributed by atoms with van der Waals surface area (Å²) in [6, 6.07) is 17.3. The lowest BCUT2D eigenvalue weighted by molar-refractivity contribution is 0.282. The maximum absolute atomic E-state index is 13.7. The van der Waals surface area contributed by atoms with Gasteiger partial charge in [-0.25, -0.2) is 8.42 Å². The molecular weight excluding hydrogens is 448 g/mol. The fraction of sp³-hybridized carbons (Fsp3) is 0.423. The van der Waals surface area contributed by atoms with Crippen LogP contribution in [0.5, 0.6) is 5.75 Å². The zero-order valence-corrected chi connectivity index (χ0v) is 21.3. The van der Waals surface area contributed by atoms with Crippen molar-refractivity contribution in [2.24, 2.45) is 7.05 Å². The lowest BCUT2D eigenvalue weighted by atomic mass is 9.86. The number of rotatable bonds is 7. The molecule has 8 heteroatoms. The molecule has 1 aliphatic heterocycles. The molecule has 1 aromatic heterocycles. The first-order valence-corrected chi connectivity index (χ1v) is 13.0. The van der Waals surface area contributed by atoms with Crippen LogP contribution in [0.2, 0.25) is 0 Å². The van der Waals surface area contributed by atoms with E-state index in [1.54, 1.807) is 30.7 Å². The van der Waals surface area contributed by atoms with Crippen LogP contribution in [0.1, 0.15) is 56.3 Å². The Morgan fingerprint density at radius 2 is 1.82 bits per heavy atom. The van der Waals surface area contributed by atoms with Crippen molar-refractivity contribution < 1.29 is 13.2 Å². The van der Waals surface area contributed by atoms with Crippen LogP contribution < -0.4 is 10.1 Å². The van der Waals surface area contributed by atoms with E-state index in [-0.39, 0.29) is 22.6 Å². The maximum Gasteiger partial charge on any atom is 0.264 e. The largest absolute Gasteiger partial charge is 0.496 e. The fourth-order valence-electron chi connectivity index (χ4n) is 4.55. The number of benzene rings is 2. The number of aryl methyl sites for hydroxylation is 1. The molecule has 2 atom stereocenters. The molecule has 1 aliphatic rings. The Kier molecular flexibility index (Phi) is 6.85. The molecule has 0 bridgehead atoms. The summed E-state index contributed by atoms with van der Waals surface area (Å²) in [4.78, 5) is 0. The summed E-state index contributed by atoms with van der Waals surface area (Å²) in [6.07, 6.45) is 2.73. The van der Waals surface area contributed by atoms with Gasteiger partial charge in [-0.05, 0) is 41.5 Å². The SMILES string of the molecule is COc1ccc(C(C)(C)C)cc1CNC1CCC(c2ccccc2)N1S(=O)(=O)c1ccn(C)n1. The number of sulfonamides is 1. The van der Waals surface area contributed by atoms with E-state index >= 15 is 0 Å². The molecule has 3 aromatic rings. The molecule has 0 radical (unpaired) electrons. The highest BCUT2D eigenvalue weighted by Crippen LogP contribution is 2.39. The van der Waals surface area contributed by atoms with Crippen LogP contribution in [0.25, 0.3) is 0 Å². The van der Waals surface area contributed by atoms with Gasteiger partial charge in [0.2, 0.25) is 0 Å². The van der Waals surface area contributed by atoms with Crippen molar-refractivity contribution in [3.05, 3.63) is 77.5 Å². The number of hydrogen-bond acceptors (Lipinski definition) is 5. The average molecular weight is 483 g/mol. The summed E-state index contributed by atoms with van der Waals surface area (Å²) in [6.45, 7) is 7.02. The van der Waals surface area contributed by atoms with E-state index in [1.807, 2.05) is 36.4 Å². The van der Waals surface area contributed by atoms with Crippen LogP contribution in [-0.4, -0.2) is 35.8 Å². The number of nitrogens with one attached hydrogen (secondary N) is 1. The van der Waals surface area contributed by atoms with Gasteiger partial charge in [-0.2, -0.15) is 9.40 Å². The standard InChI is InChI=1S/C26H34N4O3S/c1-26(2,3)21-11-13-23(33-5)20(17-21)18-27-24-14-12-22(19-9-7-6-8-10-19)30(24)34(31,32)25-15-16-29(4)28-25/h6-11,13,15-17,22,24,27H,12,14,18H2,1-5H3. The predicted octanol–water partition coefficient (Wildman–Crippen LogP) is 4.37. The third-order valence-corrected chi connectivity index (χ3v) is 8.23. The highest BCUT2D eigenvalue weighted by molar-refractivity contribution is 7.89. The zero-order chi connectivity index (χ0) is 24.5. The minimum Gasteiger partial charge on any atom is -0.496 e.